The lowest BCUT2D eigenvalue weighted by Gasteiger charge is -2.05. The Bertz CT molecular complexity index is 156. The molecule has 0 heterocycles. The van der Waals surface area contributed by atoms with Crippen LogP contribution < -0.4 is 5.73 Å². The van der Waals surface area contributed by atoms with Crippen molar-refractivity contribution >= 4 is 5.78 Å². The van der Waals surface area contributed by atoms with Crippen LogP contribution in [0.1, 0.15) is 26.7 Å². The van der Waals surface area contributed by atoms with E-state index in [1.54, 1.807) is 0 Å². The van der Waals surface area contributed by atoms with E-state index in [9.17, 15) is 4.79 Å². The first-order valence-electron chi connectivity index (χ1n) is 4.44. The maximum atomic E-state index is 11.5. The van der Waals surface area contributed by atoms with Crippen LogP contribution in [0.15, 0.2) is 0 Å². The molecule has 3 atom stereocenters. The molecule has 0 aliphatic heterocycles. The fourth-order valence-corrected chi connectivity index (χ4v) is 1.42. The van der Waals surface area contributed by atoms with Crippen molar-refractivity contribution in [2.24, 2.45) is 23.5 Å². The van der Waals surface area contributed by atoms with Gasteiger partial charge in [-0.15, -0.1) is 0 Å². The van der Waals surface area contributed by atoms with Gasteiger partial charge in [0.15, 0.2) is 0 Å². The first-order valence-corrected chi connectivity index (χ1v) is 4.44. The molecule has 2 nitrogen and oxygen atoms in total. The van der Waals surface area contributed by atoms with Crippen molar-refractivity contribution in [2.75, 3.05) is 6.54 Å². The number of carbonyl (C=O) groups is 1. The molecule has 1 saturated carbocycles. The lowest BCUT2D eigenvalue weighted by atomic mass is 9.99. The van der Waals surface area contributed by atoms with Gasteiger partial charge < -0.3 is 5.73 Å². The SMILES string of the molecule is CCC(C)C(=O)C1CC1CN. The maximum Gasteiger partial charge on any atom is 0.139 e. The highest BCUT2D eigenvalue weighted by Gasteiger charge is 2.42. The third kappa shape index (κ3) is 1.80. The molecule has 11 heavy (non-hydrogen) atoms. The number of carbonyl (C=O) groups excluding carboxylic acids is 1. The maximum absolute atomic E-state index is 11.5. The number of hydrogen-bond donors (Lipinski definition) is 1. The quantitative estimate of drug-likeness (QED) is 0.662. The summed E-state index contributed by atoms with van der Waals surface area (Å²) < 4.78 is 0. The van der Waals surface area contributed by atoms with Crippen LogP contribution in [-0.2, 0) is 4.79 Å². The fourth-order valence-electron chi connectivity index (χ4n) is 1.42. The minimum atomic E-state index is 0.247. The van der Waals surface area contributed by atoms with Crippen LogP contribution in [0.3, 0.4) is 0 Å². The van der Waals surface area contributed by atoms with E-state index in [-0.39, 0.29) is 5.92 Å². The van der Waals surface area contributed by atoms with Crippen molar-refractivity contribution in [3.05, 3.63) is 0 Å². The molecule has 0 aromatic heterocycles. The summed E-state index contributed by atoms with van der Waals surface area (Å²) >= 11 is 0. The Morgan fingerprint density at radius 1 is 1.73 bits per heavy atom. The largest absolute Gasteiger partial charge is 0.330 e. The van der Waals surface area contributed by atoms with Crippen molar-refractivity contribution in [1.29, 1.82) is 0 Å². The number of rotatable bonds is 4. The van der Waals surface area contributed by atoms with Gasteiger partial charge in [-0.2, -0.15) is 0 Å². The Labute approximate surface area is 68.2 Å². The predicted octanol–water partition coefficient (Wildman–Crippen LogP) is 1.20. The minimum Gasteiger partial charge on any atom is -0.330 e. The molecule has 1 aliphatic rings. The normalized spacial score (nSPS) is 31.5. The van der Waals surface area contributed by atoms with Gasteiger partial charge in [0.2, 0.25) is 0 Å². The van der Waals surface area contributed by atoms with Crippen LogP contribution in [0.2, 0.25) is 0 Å². The third-order valence-electron chi connectivity index (χ3n) is 2.69. The van der Waals surface area contributed by atoms with Gasteiger partial charge >= 0.3 is 0 Å². The first kappa shape index (κ1) is 8.72. The molecule has 0 aromatic carbocycles. The summed E-state index contributed by atoms with van der Waals surface area (Å²) in [7, 11) is 0. The molecule has 3 unspecified atom stereocenters. The van der Waals surface area contributed by atoms with Gasteiger partial charge in [0.1, 0.15) is 5.78 Å². The monoisotopic (exact) mass is 155 g/mol. The molecule has 2 N–H and O–H groups in total. The average Bonchev–Trinajstić information content (AvgIpc) is 2.80. The molecular weight excluding hydrogens is 138 g/mol. The summed E-state index contributed by atoms with van der Waals surface area (Å²) in [6, 6.07) is 0. The number of nitrogens with two attached hydrogens (primary N) is 1. The molecular formula is C9H17NO. The second-order valence-electron chi connectivity index (χ2n) is 3.55. The number of ketones is 1. The van der Waals surface area contributed by atoms with E-state index < -0.39 is 0 Å². The van der Waals surface area contributed by atoms with Crippen LogP contribution in [0.5, 0.6) is 0 Å². The van der Waals surface area contributed by atoms with Gasteiger partial charge in [0.05, 0.1) is 0 Å². The van der Waals surface area contributed by atoms with Crippen LogP contribution >= 0.6 is 0 Å². The number of Topliss-reactive ketones (excluding diaryl/α,β-unsaturated/α-hetero) is 1. The smallest absolute Gasteiger partial charge is 0.139 e. The van der Waals surface area contributed by atoms with Gasteiger partial charge in [0.25, 0.3) is 0 Å². The first-order chi connectivity index (χ1) is 5.20. The topological polar surface area (TPSA) is 43.1 Å². The van der Waals surface area contributed by atoms with Crippen molar-refractivity contribution in [3.63, 3.8) is 0 Å². The molecule has 0 amide bonds. The van der Waals surface area contributed by atoms with E-state index in [0.29, 0.717) is 24.2 Å². The van der Waals surface area contributed by atoms with Crippen LogP contribution in [0, 0.1) is 17.8 Å². The molecule has 0 spiro atoms. The molecule has 1 fully saturated rings. The predicted molar refractivity (Wildman–Crippen MR) is 45.1 cm³/mol. The highest BCUT2D eigenvalue weighted by atomic mass is 16.1. The molecule has 0 radical (unpaired) electrons. The lowest BCUT2D eigenvalue weighted by molar-refractivity contribution is -0.123. The zero-order valence-corrected chi connectivity index (χ0v) is 7.34. The van der Waals surface area contributed by atoms with E-state index in [1.165, 1.54) is 0 Å². The summed E-state index contributed by atoms with van der Waals surface area (Å²) in [5, 5.41) is 0. The summed E-state index contributed by atoms with van der Waals surface area (Å²) in [4.78, 5) is 11.5. The summed E-state index contributed by atoms with van der Waals surface area (Å²) in [6.07, 6.45) is 2.01. The van der Waals surface area contributed by atoms with E-state index >= 15 is 0 Å². The van der Waals surface area contributed by atoms with E-state index in [1.807, 2.05) is 6.92 Å². The lowest BCUT2D eigenvalue weighted by Crippen LogP contribution is -2.15. The Morgan fingerprint density at radius 2 is 2.36 bits per heavy atom. The minimum absolute atomic E-state index is 0.247. The highest BCUT2D eigenvalue weighted by molar-refractivity contribution is 5.85. The summed E-state index contributed by atoms with van der Waals surface area (Å²) in [5.74, 6) is 1.51. The molecule has 0 aromatic rings. The Balaban J connectivity index is 2.33. The Kier molecular flexibility index (Phi) is 2.66. The fraction of sp³-hybridized carbons (Fsp3) is 0.889. The second kappa shape index (κ2) is 3.35. The van der Waals surface area contributed by atoms with E-state index in [0.717, 1.165) is 12.8 Å². The molecule has 64 valence electrons. The van der Waals surface area contributed by atoms with Gasteiger partial charge in [0, 0.05) is 11.8 Å². The third-order valence-corrected chi connectivity index (χ3v) is 2.69. The molecule has 0 saturated heterocycles. The Hall–Kier alpha value is -0.370. The zero-order valence-electron chi connectivity index (χ0n) is 7.34. The Morgan fingerprint density at radius 3 is 2.73 bits per heavy atom. The van der Waals surface area contributed by atoms with Crippen LogP contribution in [0.4, 0.5) is 0 Å². The molecule has 2 heteroatoms. The van der Waals surface area contributed by atoms with Gasteiger partial charge in [-0.25, -0.2) is 0 Å². The summed E-state index contributed by atoms with van der Waals surface area (Å²) in [6.45, 7) is 4.75. The zero-order chi connectivity index (χ0) is 8.43. The van der Waals surface area contributed by atoms with Crippen molar-refractivity contribution in [1.82, 2.24) is 0 Å². The van der Waals surface area contributed by atoms with Crippen molar-refractivity contribution in [3.8, 4) is 0 Å². The standard InChI is InChI=1S/C9H17NO/c1-3-6(2)9(11)8-4-7(8)5-10/h6-8H,3-5,10H2,1-2H3. The molecule has 1 rings (SSSR count). The number of hydrogen-bond acceptors (Lipinski definition) is 2. The van der Waals surface area contributed by atoms with Crippen LogP contribution in [-0.4, -0.2) is 12.3 Å². The van der Waals surface area contributed by atoms with Crippen LogP contribution in [0.25, 0.3) is 0 Å². The van der Waals surface area contributed by atoms with E-state index in [4.69, 9.17) is 5.73 Å². The van der Waals surface area contributed by atoms with Gasteiger partial charge in [-0.05, 0) is 25.3 Å². The highest BCUT2D eigenvalue weighted by Crippen LogP contribution is 2.40. The van der Waals surface area contributed by atoms with E-state index in [2.05, 4.69) is 6.92 Å². The van der Waals surface area contributed by atoms with Gasteiger partial charge in [-0.1, -0.05) is 13.8 Å². The average molecular weight is 155 g/mol. The van der Waals surface area contributed by atoms with Crippen molar-refractivity contribution < 1.29 is 4.79 Å². The second-order valence-corrected chi connectivity index (χ2v) is 3.55. The van der Waals surface area contributed by atoms with Crippen molar-refractivity contribution in [2.45, 2.75) is 26.7 Å². The van der Waals surface area contributed by atoms with Gasteiger partial charge in [-0.3, -0.25) is 4.79 Å². The molecule has 1 aliphatic carbocycles. The molecule has 0 bridgehead atoms. The summed E-state index contributed by atoms with van der Waals surface area (Å²) in [5.41, 5.74) is 5.45.